The van der Waals surface area contributed by atoms with E-state index in [4.69, 9.17) is 4.74 Å². The monoisotopic (exact) mass is 484 g/mol. The number of amidine groups is 1. The number of nitrogens with one attached hydrogen (secondary N) is 1. The van der Waals surface area contributed by atoms with Gasteiger partial charge in [0.15, 0.2) is 0 Å². The average Bonchev–Trinajstić information content (AvgIpc) is 3.25. The molecular formula is C27H31F3N4O. The second kappa shape index (κ2) is 8.88. The molecule has 8 heteroatoms. The molecule has 4 aliphatic rings. The summed E-state index contributed by atoms with van der Waals surface area (Å²) in [5, 5.41) is 3.11. The molecule has 0 saturated carbocycles. The summed E-state index contributed by atoms with van der Waals surface area (Å²) >= 11 is 0. The van der Waals surface area contributed by atoms with E-state index in [9.17, 15) is 13.2 Å². The molecule has 186 valence electrons. The predicted molar refractivity (Wildman–Crippen MR) is 131 cm³/mol. The Morgan fingerprint density at radius 3 is 2.63 bits per heavy atom. The van der Waals surface area contributed by atoms with Crippen LogP contribution in [0.25, 0.3) is 0 Å². The van der Waals surface area contributed by atoms with Crippen LogP contribution < -0.4 is 10.2 Å². The Labute approximate surface area is 204 Å². The highest BCUT2D eigenvalue weighted by Gasteiger charge is 2.42. The van der Waals surface area contributed by atoms with Gasteiger partial charge in [0.2, 0.25) is 0 Å². The molecule has 3 atom stereocenters. The number of ether oxygens (including phenoxy) is 1. The van der Waals surface area contributed by atoms with Crippen LogP contribution in [0.1, 0.15) is 45.6 Å². The lowest BCUT2D eigenvalue weighted by molar-refractivity contribution is -0.0887. The van der Waals surface area contributed by atoms with E-state index in [0.29, 0.717) is 11.8 Å². The summed E-state index contributed by atoms with van der Waals surface area (Å²) in [5.41, 5.74) is 1.31. The van der Waals surface area contributed by atoms with Gasteiger partial charge in [0.25, 0.3) is 0 Å². The van der Waals surface area contributed by atoms with E-state index < -0.39 is 17.8 Å². The summed E-state index contributed by atoms with van der Waals surface area (Å²) in [6, 6.07) is 3.07. The van der Waals surface area contributed by atoms with Crippen molar-refractivity contribution < 1.29 is 17.9 Å². The van der Waals surface area contributed by atoms with Crippen LogP contribution in [0.15, 0.2) is 70.6 Å². The van der Waals surface area contributed by atoms with E-state index >= 15 is 0 Å². The van der Waals surface area contributed by atoms with Gasteiger partial charge >= 0.3 is 6.18 Å². The van der Waals surface area contributed by atoms with Gasteiger partial charge in [-0.25, -0.2) is 4.98 Å². The lowest BCUT2D eigenvalue weighted by Crippen LogP contribution is -2.48. The van der Waals surface area contributed by atoms with Crippen LogP contribution in [0.3, 0.4) is 0 Å². The number of fused-ring (bicyclic) bond motifs is 1. The van der Waals surface area contributed by atoms with Crippen LogP contribution in [0.5, 0.6) is 0 Å². The number of anilines is 1. The summed E-state index contributed by atoms with van der Waals surface area (Å²) in [7, 11) is 0. The summed E-state index contributed by atoms with van der Waals surface area (Å²) in [5.74, 6) is 2.98. The maximum Gasteiger partial charge on any atom is 0.416 e. The van der Waals surface area contributed by atoms with E-state index in [-0.39, 0.29) is 11.6 Å². The van der Waals surface area contributed by atoms with Crippen LogP contribution in [0.2, 0.25) is 0 Å². The number of rotatable bonds is 3. The number of hydrogen-bond donors (Lipinski definition) is 1. The molecule has 1 aliphatic carbocycles. The first kappa shape index (κ1) is 23.7. The molecule has 5 nitrogen and oxygen atoms in total. The Hall–Kier alpha value is -3.03. The quantitative estimate of drug-likeness (QED) is 0.618. The normalized spacial score (nSPS) is 28.1. The molecule has 0 amide bonds. The first-order chi connectivity index (χ1) is 16.7. The standard InChI is InChI=1S/C27H31F3N4O/c1-4-5-21-17(2)15-26(35-18(21)3)10-12-34(13-11-26)24-9-6-19(16-31-24)25-32-22-8-7-20(27(28,29)30)14-23(22)33-25/h4-9,14,16-17,22-23H,10-13,15H2,1-3H3,(H,32,33)/b5-4-. The van der Waals surface area contributed by atoms with E-state index in [1.165, 1.54) is 17.7 Å². The summed E-state index contributed by atoms with van der Waals surface area (Å²) in [4.78, 5) is 11.5. The zero-order chi connectivity index (χ0) is 24.8. The van der Waals surface area contributed by atoms with Gasteiger partial charge in [-0.15, -0.1) is 0 Å². The number of halogens is 3. The van der Waals surface area contributed by atoms with Gasteiger partial charge in [0.05, 0.1) is 23.4 Å². The molecule has 4 heterocycles. The third kappa shape index (κ3) is 4.62. The second-order valence-electron chi connectivity index (χ2n) is 9.91. The molecular weight excluding hydrogens is 453 g/mol. The van der Waals surface area contributed by atoms with Gasteiger partial charge in [-0.1, -0.05) is 31.2 Å². The first-order valence-corrected chi connectivity index (χ1v) is 12.2. The number of allylic oxidation sites excluding steroid dienone is 6. The number of aromatic nitrogens is 1. The number of piperidine rings is 1. The fourth-order valence-corrected chi connectivity index (χ4v) is 5.68. The van der Waals surface area contributed by atoms with Gasteiger partial charge in [0, 0.05) is 37.7 Å². The third-order valence-corrected chi connectivity index (χ3v) is 7.46. The summed E-state index contributed by atoms with van der Waals surface area (Å²) in [6.45, 7) is 8.12. The Balaban J connectivity index is 1.22. The van der Waals surface area contributed by atoms with Crippen molar-refractivity contribution in [1.29, 1.82) is 0 Å². The predicted octanol–water partition coefficient (Wildman–Crippen LogP) is 5.47. The van der Waals surface area contributed by atoms with Gasteiger partial charge in [-0.3, -0.25) is 4.99 Å². The Kier molecular flexibility index (Phi) is 6.01. The molecule has 0 aromatic carbocycles. The SMILES string of the molecule is C/C=C\C1=C(C)OC2(CCN(c3ccc(C4=NC5C=CC(C(F)(F)F)=CC5N4)cn3)CC2)CC1C. The molecule has 1 saturated heterocycles. The molecule has 1 aromatic heterocycles. The third-order valence-electron chi connectivity index (χ3n) is 7.46. The molecule has 3 unspecified atom stereocenters. The Bertz CT molecular complexity index is 1120. The fourth-order valence-electron chi connectivity index (χ4n) is 5.68. The van der Waals surface area contributed by atoms with Crippen molar-refractivity contribution in [3.63, 3.8) is 0 Å². The van der Waals surface area contributed by atoms with E-state index in [2.05, 4.69) is 46.2 Å². The van der Waals surface area contributed by atoms with Crippen LogP contribution >= 0.6 is 0 Å². The van der Waals surface area contributed by atoms with E-state index in [1.54, 1.807) is 6.20 Å². The molecule has 35 heavy (non-hydrogen) atoms. The summed E-state index contributed by atoms with van der Waals surface area (Å²) < 4.78 is 45.6. The molecule has 1 aromatic rings. The zero-order valence-corrected chi connectivity index (χ0v) is 20.3. The maximum atomic E-state index is 13.0. The fraction of sp³-hybridized carbons (Fsp3) is 0.481. The largest absolute Gasteiger partial charge is 0.491 e. The van der Waals surface area contributed by atoms with Crippen molar-refractivity contribution in [2.24, 2.45) is 10.9 Å². The van der Waals surface area contributed by atoms with Crippen molar-refractivity contribution >= 4 is 11.7 Å². The lowest BCUT2D eigenvalue weighted by atomic mass is 9.78. The van der Waals surface area contributed by atoms with Gasteiger partial charge in [-0.2, -0.15) is 13.2 Å². The minimum Gasteiger partial charge on any atom is -0.491 e. The van der Waals surface area contributed by atoms with Crippen LogP contribution in [-0.2, 0) is 4.74 Å². The lowest BCUT2D eigenvalue weighted by Gasteiger charge is -2.46. The maximum absolute atomic E-state index is 13.0. The molecule has 1 N–H and O–H groups in total. The van der Waals surface area contributed by atoms with Crippen molar-refractivity contribution in [1.82, 2.24) is 10.3 Å². The van der Waals surface area contributed by atoms with Gasteiger partial charge < -0.3 is 15.0 Å². The first-order valence-electron chi connectivity index (χ1n) is 12.2. The van der Waals surface area contributed by atoms with Crippen LogP contribution in [-0.4, -0.2) is 47.8 Å². The van der Waals surface area contributed by atoms with Crippen molar-refractivity contribution in [2.75, 3.05) is 18.0 Å². The minimum absolute atomic E-state index is 0.111. The topological polar surface area (TPSA) is 49.8 Å². The van der Waals surface area contributed by atoms with Crippen molar-refractivity contribution in [3.05, 3.63) is 71.2 Å². The second-order valence-corrected chi connectivity index (χ2v) is 9.91. The highest BCUT2D eigenvalue weighted by atomic mass is 19.4. The molecule has 1 fully saturated rings. The van der Waals surface area contributed by atoms with Crippen molar-refractivity contribution in [2.45, 2.75) is 63.9 Å². The Morgan fingerprint density at radius 2 is 2.00 bits per heavy atom. The number of aliphatic imine (C=N–C) groups is 1. The highest BCUT2D eigenvalue weighted by Crippen LogP contribution is 2.42. The molecule has 0 bridgehead atoms. The molecule has 3 aliphatic heterocycles. The van der Waals surface area contributed by atoms with Crippen LogP contribution in [0.4, 0.5) is 19.0 Å². The number of pyridine rings is 1. The molecule has 5 rings (SSSR count). The number of nitrogens with zero attached hydrogens (tertiary/aromatic N) is 3. The summed E-state index contributed by atoms with van der Waals surface area (Å²) in [6.07, 6.45) is 8.36. The smallest absolute Gasteiger partial charge is 0.416 e. The minimum atomic E-state index is -4.35. The highest BCUT2D eigenvalue weighted by molar-refractivity contribution is 6.00. The number of hydrogen-bond acceptors (Lipinski definition) is 5. The zero-order valence-electron chi connectivity index (χ0n) is 20.3. The molecule has 1 spiro atoms. The van der Waals surface area contributed by atoms with Gasteiger partial charge in [-0.05, 0) is 50.0 Å². The van der Waals surface area contributed by atoms with Crippen molar-refractivity contribution in [3.8, 4) is 0 Å². The number of alkyl halides is 3. The van der Waals surface area contributed by atoms with Gasteiger partial charge in [0.1, 0.15) is 17.3 Å². The van der Waals surface area contributed by atoms with E-state index in [0.717, 1.165) is 55.6 Å². The van der Waals surface area contributed by atoms with E-state index in [1.807, 2.05) is 19.1 Å². The Morgan fingerprint density at radius 1 is 1.23 bits per heavy atom. The molecule has 0 radical (unpaired) electrons. The average molecular weight is 485 g/mol. The van der Waals surface area contributed by atoms with Crippen LogP contribution in [0, 0.1) is 5.92 Å².